The van der Waals surface area contributed by atoms with E-state index in [1.54, 1.807) is 0 Å². The van der Waals surface area contributed by atoms with Crippen molar-refractivity contribution >= 4 is 0 Å². The first-order chi connectivity index (χ1) is 9.31. The highest BCUT2D eigenvalue weighted by Gasteiger charge is 1.97. The average molecular weight is 271 g/mol. The largest absolute Gasteiger partial charge is 0.395 e. The number of hydrogen-bond acceptors (Lipinski definition) is 2. The van der Waals surface area contributed by atoms with Gasteiger partial charge >= 0.3 is 0 Å². The van der Waals surface area contributed by atoms with Crippen molar-refractivity contribution in [3.63, 3.8) is 0 Å². The van der Waals surface area contributed by atoms with Gasteiger partial charge in [0.25, 0.3) is 0 Å². The van der Waals surface area contributed by atoms with Crippen LogP contribution in [0.3, 0.4) is 0 Å². The fourth-order valence-electron chi connectivity index (χ4n) is 2.51. The van der Waals surface area contributed by atoms with Crippen molar-refractivity contribution in [3.05, 3.63) is 0 Å². The quantitative estimate of drug-likeness (QED) is 0.440. The Labute approximate surface area is 121 Å². The molecule has 0 aromatic heterocycles. The molecule has 0 bridgehead atoms. The van der Waals surface area contributed by atoms with Gasteiger partial charge in [-0.1, -0.05) is 77.6 Å². The second-order valence-corrected chi connectivity index (χ2v) is 5.92. The topological polar surface area (TPSA) is 23.5 Å². The first-order valence-corrected chi connectivity index (χ1v) is 8.60. The Kier molecular flexibility index (Phi) is 15.9. The summed E-state index contributed by atoms with van der Waals surface area (Å²) in [6.07, 6.45) is 16.9. The molecule has 0 spiro atoms. The van der Waals surface area contributed by atoms with Gasteiger partial charge in [-0.15, -0.1) is 0 Å². The molecule has 0 atom stereocenters. The molecule has 116 valence electrons. The highest BCUT2D eigenvalue weighted by atomic mass is 16.3. The summed E-state index contributed by atoms with van der Waals surface area (Å²) < 4.78 is 0. The third kappa shape index (κ3) is 15.9. The molecular formula is C17H37NO. The molecular weight excluding hydrogens is 234 g/mol. The Morgan fingerprint density at radius 3 is 1.47 bits per heavy atom. The first kappa shape index (κ1) is 18.9. The third-order valence-corrected chi connectivity index (χ3v) is 3.88. The van der Waals surface area contributed by atoms with Gasteiger partial charge in [-0.05, 0) is 20.0 Å². The molecule has 0 aliphatic carbocycles. The van der Waals surface area contributed by atoms with Crippen molar-refractivity contribution in [1.29, 1.82) is 0 Å². The molecule has 0 heterocycles. The van der Waals surface area contributed by atoms with E-state index in [9.17, 15) is 0 Å². The molecule has 0 amide bonds. The maximum Gasteiger partial charge on any atom is 0.0558 e. The Morgan fingerprint density at radius 1 is 0.632 bits per heavy atom. The summed E-state index contributed by atoms with van der Waals surface area (Å²) in [7, 11) is 2.09. The van der Waals surface area contributed by atoms with Crippen LogP contribution in [-0.2, 0) is 0 Å². The fourth-order valence-corrected chi connectivity index (χ4v) is 2.51. The maximum absolute atomic E-state index is 8.79. The molecule has 0 radical (unpaired) electrons. The molecule has 0 aromatic rings. The predicted molar refractivity (Wildman–Crippen MR) is 85.7 cm³/mol. The highest BCUT2D eigenvalue weighted by Crippen LogP contribution is 2.11. The number of rotatable bonds is 15. The second-order valence-electron chi connectivity index (χ2n) is 5.92. The summed E-state index contributed by atoms with van der Waals surface area (Å²) in [6, 6.07) is 0. The van der Waals surface area contributed by atoms with Crippen LogP contribution in [0, 0.1) is 0 Å². The zero-order chi connectivity index (χ0) is 14.2. The maximum atomic E-state index is 8.79. The molecule has 0 saturated heterocycles. The molecule has 2 nitrogen and oxygen atoms in total. The Balaban J connectivity index is 2.99. The third-order valence-electron chi connectivity index (χ3n) is 3.88. The monoisotopic (exact) mass is 271 g/mol. The van der Waals surface area contributed by atoms with E-state index in [4.69, 9.17) is 5.11 Å². The molecule has 0 rings (SSSR count). The van der Waals surface area contributed by atoms with Gasteiger partial charge in [0.2, 0.25) is 0 Å². The number of aliphatic hydroxyl groups is 1. The zero-order valence-corrected chi connectivity index (χ0v) is 13.5. The molecule has 0 fully saturated rings. The minimum absolute atomic E-state index is 0.286. The number of unbranched alkanes of at least 4 members (excludes halogenated alkanes) is 11. The van der Waals surface area contributed by atoms with Crippen LogP contribution in [0.1, 0.15) is 84.0 Å². The first-order valence-electron chi connectivity index (χ1n) is 8.60. The van der Waals surface area contributed by atoms with Gasteiger partial charge in [0.1, 0.15) is 0 Å². The smallest absolute Gasteiger partial charge is 0.0558 e. The van der Waals surface area contributed by atoms with Crippen LogP contribution in [0.4, 0.5) is 0 Å². The minimum atomic E-state index is 0.286. The van der Waals surface area contributed by atoms with Crippen LogP contribution in [0.2, 0.25) is 0 Å². The van der Waals surface area contributed by atoms with Gasteiger partial charge < -0.3 is 10.0 Å². The summed E-state index contributed by atoms with van der Waals surface area (Å²) in [5, 5.41) is 8.79. The summed E-state index contributed by atoms with van der Waals surface area (Å²) in [4.78, 5) is 2.22. The van der Waals surface area contributed by atoms with E-state index in [-0.39, 0.29) is 6.61 Å². The minimum Gasteiger partial charge on any atom is -0.395 e. The average Bonchev–Trinajstić information content (AvgIpc) is 2.40. The van der Waals surface area contributed by atoms with Crippen LogP contribution in [-0.4, -0.2) is 36.8 Å². The molecule has 0 aromatic carbocycles. The molecule has 0 aliphatic heterocycles. The van der Waals surface area contributed by atoms with Gasteiger partial charge in [0.05, 0.1) is 6.61 Å². The van der Waals surface area contributed by atoms with Crippen LogP contribution < -0.4 is 0 Å². The van der Waals surface area contributed by atoms with Gasteiger partial charge in [0.15, 0.2) is 0 Å². The molecule has 19 heavy (non-hydrogen) atoms. The summed E-state index contributed by atoms with van der Waals surface area (Å²) in [5.74, 6) is 0. The highest BCUT2D eigenvalue weighted by molar-refractivity contribution is 4.52. The van der Waals surface area contributed by atoms with Gasteiger partial charge in [0, 0.05) is 6.54 Å². The lowest BCUT2D eigenvalue weighted by atomic mass is 10.1. The van der Waals surface area contributed by atoms with Crippen LogP contribution >= 0.6 is 0 Å². The zero-order valence-electron chi connectivity index (χ0n) is 13.5. The van der Waals surface area contributed by atoms with E-state index in [2.05, 4.69) is 18.9 Å². The lowest BCUT2D eigenvalue weighted by Crippen LogP contribution is -2.23. The summed E-state index contributed by atoms with van der Waals surface area (Å²) in [6.45, 7) is 4.52. The van der Waals surface area contributed by atoms with E-state index in [0.29, 0.717) is 0 Å². The van der Waals surface area contributed by atoms with Crippen LogP contribution in [0.25, 0.3) is 0 Å². The van der Waals surface area contributed by atoms with E-state index < -0.39 is 0 Å². The normalized spacial score (nSPS) is 11.4. The fraction of sp³-hybridized carbons (Fsp3) is 1.00. The Hall–Kier alpha value is -0.0800. The van der Waals surface area contributed by atoms with Crippen molar-refractivity contribution in [2.24, 2.45) is 0 Å². The van der Waals surface area contributed by atoms with Crippen LogP contribution in [0.5, 0.6) is 0 Å². The molecule has 0 unspecified atom stereocenters. The van der Waals surface area contributed by atoms with Gasteiger partial charge in [-0.2, -0.15) is 0 Å². The lowest BCUT2D eigenvalue weighted by Gasteiger charge is -2.14. The number of hydrogen-bond donors (Lipinski definition) is 1. The lowest BCUT2D eigenvalue weighted by molar-refractivity contribution is 0.219. The second kappa shape index (κ2) is 16.0. The molecule has 0 saturated carbocycles. The SMILES string of the molecule is CCCCCCCCCCCCCCN(C)CCO. The number of nitrogens with zero attached hydrogens (tertiary/aromatic N) is 1. The van der Waals surface area contributed by atoms with E-state index in [0.717, 1.165) is 13.1 Å². The number of aliphatic hydroxyl groups excluding tert-OH is 1. The Morgan fingerprint density at radius 2 is 1.05 bits per heavy atom. The van der Waals surface area contributed by atoms with E-state index >= 15 is 0 Å². The predicted octanol–water partition coefficient (Wildman–Crippen LogP) is 4.61. The standard InChI is InChI=1S/C17H37NO/c1-3-4-5-6-7-8-9-10-11-12-13-14-15-18(2)16-17-19/h19H,3-17H2,1-2H3. The number of likely N-dealkylation sites (N-methyl/N-ethyl adjacent to an activating group) is 1. The van der Waals surface area contributed by atoms with Gasteiger partial charge in [-0.25, -0.2) is 0 Å². The summed E-state index contributed by atoms with van der Waals surface area (Å²) in [5.41, 5.74) is 0. The molecule has 0 aliphatic rings. The van der Waals surface area contributed by atoms with Gasteiger partial charge in [-0.3, -0.25) is 0 Å². The van der Waals surface area contributed by atoms with Crippen molar-refractivity contribution in [3.8, 4) is 0 Å². The molecule has 2 heteroatoms. The molecule has 1 N–H and O–H groups in total. The van der Waals surface area contributed by atoms with E-state index in [1.165, 1.54) is 77.0 Å². The van der Waals surface area contributed by atoms with E-state index in [1.807, 2.05) is 0 Å². The summed E-state index contributed by atoms with van der Waals surface area (Å²) >= 11 is 0. The Bertz CT molecular complexity index is 161. The van der Waals surface area contributed by atoms with Crippen molar-refractivity contribution in [2.75, 3.05) is 26.7 Å². The van der Waals surface area contributed by atoms with Crippen molar-refractivity contribution < 1.29 is 5.11 Å². The van der Waals surface area contributed by atoms with Crippen LogP contribution in [0.15, 0.2) is 0 Å². The van der Waals surface area contributed by atoms with Crippen molar-refractivity contribution in [2.45, 2.75) is 84.0 Å². The van der Waals surface area contributed by atoms with Crippen molar-refractivity contribution in [1.82, 2.24) is 4.90 Å².